The third kappa shape index (κ3) is 5.83. The smallest absolute Gasteiger partial charge is 0.000717 e. The first-order valence-electron chi connectivity index (χ1n) is 24.2. The zero-order valence-electron chi connectivity index (χ0n) is 40.9. The summed E-state index contributed by atoms with van der Waals surface area (Å²) in [5, 5.41) is 29.2. The minimum atomic E-state index is -0.0386. The van der Waals surface area contributed by atoms with Gasteiger partial charge in [-0.05, 0) is 187 Å². The molecule has 0 saturated carbocycles. The van der Waals surface area contributed by atoms with Crippen LogP contribution in [0.25, 0.3) is 118 Å². The van der Waals surface area contributed by atoms with Gasteiger partial charge in [0.1, 0.15) is 0 Å². The SMILES string of the molecule is CC(C)(C)c1ccc2ccc3c(c2c1)c1ccccc1c1c2cc(C(C)(C)C)ccc2c2c4c5ccc6ccc(C(C)(C)C)cc6c5c5ccccc5c4c4cc(C(C)(C)C)ccc4c2c31. The van der Waals surface area contributed by atoms with Crippen molar-refractivity contribution in [1.29, 1.82) is 0 Å². The van der Waals surface area contributed by atoms with Gasteiger partial charge in [-0.25, -0.2) is 0 Å². The largest absolute Gasteiger partial charge is 0.0616 e. The monoisotopic (exact) mass is 852 g/mol. The molecule has 66 heavy (non-hydrogen) atoms. The number of hydrogen-bond acceptors (Lipinski definition) is 0. The van der Waals surface area contributed by atoms with Crippen LogP contribution < -0.4 is 0 Å². The molecule has 0 saturated heterocycles. The molecule has 0 unspecified atom stereocenters. The second-order valence-electron chi connectivity index (χ2n) is 23.7. The Labute approximate surface area is 389 Å². The molecule has 0 nitrogen and oxygen atoms in total. The molecule has 12 aromatic rings. The first kappa shape index (κ1) is 41.0. The van der Waals surface area contributed by atoms with E-state index in [2.05, 4.69) is 229 Å². The predicted octanol–water partition coefficient (Wildman–Crippen LogP) is 19.6. The van der Waals surface area contributed by atoms with Gasteiger partial charge in [-0.3, -0.25) is 0 Å². The van der Waals surface area contributed by atoms with Crippen LogP contribution >= 0.6 is 0 Å². The average Bonchev–Trinajstić information content (AvgIpc) is 3.28. The van der Waals surface area contributed by atoms with Gasteiger partial charge in [0.2, 0.25) is 0 Å². The van der Waals surface area contributed by atoms with E-state index < -0.39 is 0 Å². The summed E-state index contributed by atoms with van der Waals surface area (Å²) in [5.41, 5.74) is 5.36. The Morgan fingerprint density at radius 2 is 0.439 bits per heavy atom. The first-order chi connectivity index (χ1) is 31.3. The van der Waals surface area contributed by atoms with Crippen LogP contribution in [0.2, 0.25) is 0 Å². The van der Waals surface area contributed by atoms with Crippen molar-refractivity contribution >= 4 is 118 Å². The van der Waals surface area contributed by atoms with Crippen LogP contribution in [0, 0.1) is 0 Å². The van der Waals surface area contributed by atoms with Crippen LogP contribution in [-0.4, -0.2) is 0 Å². The standard InChI is InChI=1S/C66H60/c1-63(2,3)39-25-21-37-23-29-49-55(51(37)33-39)43-17-13-15-19-45(43)57-53-35-41(65(7,8)9)28-32-48(53)60-59(61(49)57)47-31-27-42(66(10,11)12)36-54(47)58-46-20-16-14-18-44(46)56-50(62(58)60)30-24-38-22-26-40(34-52(38)56)64(4,5)6/h13-36H,1-12H3. The highest BCUT2D eigenvalue weighted by molar-refractivity contribution is 6.51. The van der Waals surface area contributed by atoms with Crippen LogP contribution in [0.3, 0.4) is 0 Å². The van der Waals surface area contributed by atoms with E-state index >= 15 is 0 Å². The first-order valence-corrected chi connectivity index (χ1v) is 24.2. The zero-order chi connectivity index (χ0) is 46.0. The number of rotatable bonds is 0. The summed E-state index contributed by atoms with van der Waals surface area (Å²) < 4.78 is 0. The summed E-state index contributed by atoms with van der Waals surface area (Å²) >= 11 is 0. The van der Waals surface area contributed by atoms with Gasteiger partial charge in [-0.1, -0.05) is 204 Å². The highest BCUT2D eigenvalue weighted by atomic mass is 14.3. The second-order valence-corrected chi connectivity index (χ2v) is 23.7. The Balaban J connectivity index is 1.48. The lowest BCUT2D eigenvalue weighted by atomic mass is 9.77. The average molecular weight is 853 g/mol. The fraction of sp³-hybridized carbons (Fsp3) is 0.242. The van der Waals surface area contributed by atoms with Crippen molar-refractivity contribution < 1.29 is 0 Å². The molecule has 0 aliphatic rings. The van der Waals surface area contributed by atoms with Crippen molar-refractivity contribution in [2.75, 3.05) is 0 Å². The highest BCUT2D eigenvalue weighted by Crippen LogP contribution is 2.54. The van der Waals surface area contributed by atoms with Crippen molar-refractivity contribution in [3.05, 3.63) is 168 Å². The molecule has 12 aromatic carbocycles. The molecular formula is C66H60. The van der Waals surface area contributed by atoms with E-state index in [1.165, 1.54) is 141 Å². The summed E-state index contributed by atoms with van der Waals surface area (Å²) in [5.74, 6) is 0. The highest BCUT2D eigenvalue weighted by Gasteiger charge is 2.27. The Hall–Kier alpha value is -6.50. The molecule has 12 rings (SSSR count). The lowest BCUT2D eigenvalue weighted by Gasteiger charge is -2.26. The van der Waals surface area contributed by atoms with E-state index in [0.29, 0.717) is 0 Å². The van der Waals surface area contributed by atoms with E-state index in [-0.39, 0.29) is 21.7 Å². The van der Waals surface area contributed by atoms with Gasteiger partial charge in [0.05, 0.1) is 0 Å². The summed E-state index contributed by atoms with van der Waals surface area (Å²) in [7, 11) is 0. The molecule has 0 aliphatic heterocycles. The van der Waals surface area contributed by atoms with Crippen molar-refractivity contribution in [2.24, 2.45) is 0 Å². The van der Waals surface area contributed by atoms with Gasteiger partial charge in [-0.2, -0.15) is 0 Å². The third-order valence-electron chi connectivity index (χ3n) is 15.3. The molecule has 0 aromatic heterocycles. The molecule has 0 amide bonds. The van der Waals surface area contributed by atoms with Crippen LogP contribution in [0.1, 0.15) is 105 Å². The molecule has 0 heteroatoms. The fourth-order valence-electron chi connectivity index (χ4n) is 11.7. The Morgan fingerprint density at radius 3 is 0.773 bits per heavy atom. The molecule has 0 heterocycles. The van der Waals surface area contributed by atoms with Crippen LogP contribution in [0.5, 0.6) is 0 Å². The minimum absolute atomic E-state index is 0.0107. The molecule has 0 spiro atoms. The maximum absolute atomic E-state index is 2.56. The third-order valence-corrected chi connectivity index (χ3v) is 15.3. The molecule has 324 valence electrons. The Morgan fingerprint density at radius 1 is 0.197 bits per heavy atom. The minimum Gasteiger partial charge on any atom is -0.0616 e. The van der Waals surface area contributed by atoms with Crippen molar-refractivity contribution in [3.8, 4) is 0 Å². The van der Waals surface area contributed by atoms with E-state index in [4.69, 9.17) is 0 Å². The quantitative estimate of drug-likeness (QED) is 0.133. The number of fused-ring (bicyclic) bond motifs is 25. The number of benzene rings is 12. The van der Waals surface area contributed by atoms with Gasteiger partial charge in [0.25, 0.3) is 0 Å². The lowest BCUT2D eigenvalue weighted by molar-refractivity contribution is 0.591. The second kappa shape index (κ2) is 13.5. The summed E-state index contributed by atoms with van der Waals surface area (Å²) in [4.78, 5) is 0. The molecule has 0 radical (unpaired) electrons. The maximum atomic E-state index is 2.56. The molecular weight excluding hydrogens is 793 g/mol. The summed E-state index contributed by atoms with van der Waals surface area (Å²) in [6.07, 6.45) is 0. The van der Waals surface area contributed by atoms with Gasteiger partial charge < -0.3 is 0 Å². The molecule has 0 atom stereocenters. The lowest BCUT2D eigenvalue weighted by Crippen LogP contribution is -2.11. The zero-order valence-corrected chi connectivity index (χ0v) is 40.9. The van der Waals surface area contributed by atoms with Gasteiger partial charge in [0.15, 0.2) is 0 Å². The van der Waals surface area contributed by atoms with E-state index in [9.17, 15) is 0 Å². The molecule has 0 fully saturated rings. The normalized spacial score (nSPS) is 13.5. The number of hydrogen-bond donors (Lipinski definition) is 0. The van der Waals surface area contributed by atoms with Gasteiger partial charge in [-0.15, -0.1) is 0 Å². The Bertz CT molecular complexity index is 3840. The van der Waals surface area contributed by atoms with E-state index in [1.807, 2.05) is 0 Å². The fourth-order valence-corrected chi connectivity index (χ4v) is 11.7. The topological polar surface area (TPSA) is 0 Å². The van der Waals surface area contributed by atoms with E-state index in [0.717, 1.165) is 0 Å². The van der Waals surface area contributed by atoms with Crippen LogP contribution in [-0.2, 0) is 21.7 Å². The van der Waals surface area contributed by atoms with Crippen molar-refractivity contribution in [1.82, 2.24) is 0 Å². The molecule has 0 N–H and O–H groups in total. The van der Waals surface area contributed by atoms with E-state index in [1.54, 1.807) is 0 Å². The van der Waals surface area contributed by atoms with Crippen LogP contribution in [0.4, 0.5) is 0 Å². The molecule has 0 aliphatic carbocycles. The van der Waals surface area contributed by atoms with Crippen LogP contribution in [0.15, 0.2) is 146 Å². The van der Waals surface area contributed by atoms with Crippen molar-refractivity contribution in [2.45, 2.75) is 105 Å². The van der Waals surface area contributed by atoms with Crippen molar-refractivity contribution in [3.63, 3.8) is 0 Å². The maximum Gasteiger partial charge on any atom is -0.000717 e. The predicted molar refractivity (Wildman–Crippen MR) is 294 cm³/mol. The molecule has 0 bridgehead atoms. The summed E-state index contributed by atoms with van der Waals surface area (Å²) in [6.45, 7) is 28.2. The van der Waals surface area contributed by atoms with Gasteiger partial charge in [0, 0.05) is 0 Å². The van der Waals surface area contributed by atoms with Gasteiger partial charge >= 0.3 is 0 Å². The Kier molecular flexibility index (Phi) is 8.41. The summed E-state index contributed by atoms with van der Waals surface area (Å²) in [6, 6.07) is 57.6.